The van der Waals surface area contributed by atoms with Crippen LogP contribution < -0.4 is 61.2 Å². The molecule has 148 valence electrons. The molecule has 0 saturated heterocycles. The minimum Gasteiger partial charge on any atom is -0.870 e. The first-order valence-corrected chi connectivity index (χ1v) is 10.9. The summed E-state index contributed by atoms with van der Waals surface area (Å²) in [6, 6.07) is 10.6. The van der Waals surface area contributed by atoms with E-state index < -0.39 is 15.9 Å². The van der Waals surface area contributed by atoms with Crippen LogP contribution in [0.5, 0.6) is 17.2 Å². The fourth-order valence-corrected chi connectivity index (χ4v) is 3.36. The molecule has 0 aliphatic rings. The number of ether oxygens (including phenoxy) is 1. The third kappa shape index (κ3) is 8.94. The minimum absolute atomic E-state index is 0. The summed E-state index contributed by atoms with van der Waals surface area (Å²) in [5.41, 5.74) is 1.20. The van der Waals surface area contributed by atoms with Crippen molar-refractivity contribution in [2.45, 2.75) is 63.2 Å². The van der Waals surface area contributed by atoms with Crippen molar-refractivity contribution in [2.75, 3.05) is 0 Å². The molecule has 0 fully saturated rings. The van der Waals surface area contributed by atoms with Crippen LogP contribution in [-0.2, 0) is 16.5 Å². The number of hydrogen-bond donors (Lipinski definition) is 1. The van der Waals surface area contributed by atoms with Crippen LogP contribution in [0.1, 0.15) is 57.4 Å². The molecular weight excluding hydrogens is 403 g/mol. The molecule has 1 N–H and O–H groups in total. The molecule has 28 heavy (non-hydrogen) atoms. The molecular formula is C21H27KO5S. The van der Waals surface area contributed by atoms with Crippen molar-refractivity contribution in [3.8, 4) is 17.2 Å². The first-order valence-electron chi connectivity index (χ1n) is 9.45. The van der Waals surface area contributed by atoms with Gasteiger partial charge in [-0.15, -0.1) is 0 Å². The predicted octanol–water partition coefficient (Wildman–Crippen LogP) is 2.10. The van der Waals surface area contributed by atoms with Crippen LogP contribution in [0, 0.1) is 0 Å². The van der Waals surface area contributed by atoms with Gasteiger partial charge in [-0.1, -0.05) is 69.4 Å². The minimum atomic E-state index is -4.38. The van der Waals surface area contributed by atoms with Gasteiger partial charge in [0.25, 0.3) is 10.1 Å². The summed E-state index contributed by atoms with van der Waals surface area (Å²) < 4.78 is 37.0. The van der Waals surface area contributed by atoms with E-state index >= 15 is 0 Å². The van der Waals surface area contributed by atoms with E-state index in [4.69, 9.17) is 9.29 Å². The second kappa shape index (κ2) is 13.0. The van der Waals surface area contributed by atoms with Crippen molar-refractivity contribution < 1.29 is 74.2 Å². The van der Waals surface area contributed by atoms with Crippen LogP contribution in [0.4, 0.5) is 0 Å². The molecule has 0 aliphatic heterocycles. The van der Waals surface area contributed by atoms with Crippen LogP contribution in [0.3, 0.4) is 0 Å². The Bertz CT molecular complexity index is 819. The van der Waals surface area contributed by atoms with Gasteiger partial charge in [0, 0.05) is 6.07 Å². The maximum Gasteiger partial charge on any atom is 1.00 e. The molecule has 0 atom stereocenters. The summed E-state index contributed by atoms with van der Waals surface area (Å²) in [5, 5.41) is 11.8. The Kier molecular flexibility index (Phi) is 11.9. The largest absolute Gasteiger partial charge is 1.00 e. The average molecular weight is 431 g/mol. The summed E-state index contributed by atoms with van der Waals surface area (Å²) in [5.74, 6) is -0.137. The van der Waals surface area contributed by atoms with Gasteiger partial charge in [0.2, 0.25) is 0 Å². The molecule has 2 aromatic carbocycles. The van der Waals surface area contributed by atoms with Crippen molar-refractivity contribution in [1.82, 2.24) is 0 Å². The van der Waals surface area contributed by atoms with Gasteiger partial charge in [-0.3, -0.25) is 4.55 Å². The van der Waals surface area contributed by atoms with Gasteiger partial charge >= 0.3 is 51.4 Å². The molecule has 0 aromatic heterocycles. The summed E-state index contributed by atoms with van der Waals surface area (Å²) >= 11 is 0. The quantitative estimate of drug-likeness (QED) is 0.335. The Balaban J connectivity index is 0.00000392. The zero-order valence-electron chi connectivity index (χ0n) is 16.7. The molecule has 0 unspecified atom stereocenters. The van der Waals surface area contributed by atoms with Crippen LogP contribution in [0.25, 0.3) is 0 Å². The SMILES string of the molecule is CCCCCCCCCc1ccc(Oc2cc(S(=O)(=O)O)ccc2[O-])cc1.[K+]. The average Bonchev–Trinajstić information content (AvgIpc) is 2.63. The monoisotopic (exact) mass is 430 g/mol. The molecule has 0 aliphatic carbocycles. The fraction of sp³-hybridized carbons (Fsp3) is 0.429. The van der Waals surface area contributed by atoms with E-state index in [2.05, 4.69) is 6.92 Å². The first-order chi connectivity index (χ1) is 12.9. The van der Waals surface area contributed by atoms with Gasteiger partial charge < -0.3 is 9.84 Å². The third-order valence-electron chi connectivity index (χ3n) is 4.43. The maximum absolute atomic E-state index is 11.8. The Hall–Kier alpha value is -0.414. The third-order valence-corrected chi connectivity index (χ3v) is 5.28. The van der Waals surface area contributed by atoms with E-state index in [-0.39, 0.29) is 62.0 Å². The van der Waals surface area contributed by atoms with Crippen molar-refractivity contribution in [3.05, 3.63) is 48.0 Å². The van der Waals surface area contributed by atoms with Gasteiger partial charge in [-0.25, -0.2) is 0 Å². The topological polar surface area (TPSA) is 86.7 Å². The zero-order chi connectivity index (χ0) is 19.7. The predicted molar refractivity (Wildman–Crippen MR) is 104 cm³/mol. The van der Waals surface area contributed by atoms with Crippen molar-refractivity contribution in [1.29, 1.82) is 0 Å². The van der Waals surface area contributed by atoms with Gasteiger partial charge in [0.15, 0.2) is 0 Å². The fourth-order valence-electron chi connectivity index (χ4n) is 2.87. The van der Waals surface area contributed by atoms with Gasteiger partial charge in [0.05, 0.1) is 4.90 Å². The standard InChI is InChI=1S/C21H28O5S.K/c1-2-3-4-5-6-7-8-9-17-10-12-18(13-11-17)26-21-16-19(27(23,24)25)14-15-20(21)22;/h10-16,22H,2-9H2,1H3,(H,23,24,25);/q;+1/p-1. The van der Waals surface area contributed by atoms with Crippen LogP contribution in [-0.4, -0.2) is 13.0 Å². The van der Waals surface area contributed by atoms with Crippen molar-refractivity contribution in [3.63, 3.8) is 0 Å². The van der Waals surface area contributed by atoms with Gasteiger partial charge in [0.1, 0.15) is 11.5 Å². The molecule has 0 saturated carbocycles. The molecule has 0 radical (unpaired) electrons. The molecule has 7 heteroatoms. The van der Waals surface area contributed by atoms with Crippen LogP contribution in [0.15, 0.2) is 47.4 Å². The Morgan fingerprint density at radius 1 is 0.929 bits per heavy atom. The first kappa shape index (κ1) is 25.6. The van der Waals surface area contributed by atoms with Crippen LogP contribution >= 0.6 is 0 Å². The normalized spacial score (nSPS) is 11.1. The smallest absolute Gasteiger partial charge is 0.870 e. The zero-order valence-corrected chi connectivity index (χ0v) is 20.6. The number of benzene rings is 2. The van der Waals surface area contributed by atoms with Gasteiger partial charge in [-0.05, 0) is 36.6 Å². The number of rotatable bonds is 11. The molecule has 0 heterocycles. The summed E-state index contributed by atoms with van der Waals surface area (Å²) in [4.78, 5) is -0.368. The van der Waals surface area contributed by atoms with E-state index in [1.165, 1.54) is 44.1 Å². The Morgan fingerprint density at radius 3 is 2.14 bits per heavy atom. The van der Waals surface area contributed by atoms with E-state index in [9.17, 15) is 13.5 Å². The Morgan fingerprint density at radius 2 is 1.54 bits per heavy atom. The van der Waals surface area contributed by atoms with Crippen molar-refractivity contribution >= 4 is 10.1 Å². The van der Waals surface area contributed by atoms with Crippen molar-refractivity contribution in [2.24, 2.45) is 0 Å². The molecule has 0 amide bonds. The summed E-state index contributed by atoms with van der Waals surface area (Å²) in [6.45, 7) is 2.22. The van der Waals surface area contributed by atoms with E-state index in [0.29, 0.717) is 5.75 Å². The molecule has 0 spiro atoms. The van der Waals surface area contributed by atoms with Crippen LogP contribution in [0.2, 0.25) is 0 Å². The number of unbranched alkanes of at least 4 members (excludes halogenated alkanes) is 6. The second-order valence-electron chi connectivity index (χ2n) is 6.70. The number of hydrogen-bond acceptors (Lipinski definition) is 4. The van der Waals surface area contributed by atoms with E-state index in [1.807, 2.05) is 12.1 Å². The maximum atomic E-state index is 11.8. The van der Waals surface area contributed by atoms with E-state index in [1.54, 1.807) is 12.1 Å². The molecule has 0 bridgehead atoms. The van der Waals surface area contributed by atoms with Gasteiger partial charge in [-0.2, -0.15) is 8.42 Å². The Labute approximate surface area is 210 Å². The second-order valence-corrected chi connectivity index (χ2v) is 8.12. The van der Waals surface area contributed by atoms with E-state index in [0.717, 1.165) is 31.0 Å². The summed E-state index contributed by atoms with van der Waals surface area (Å²) in [7, 11) is -4.38. The summed E-state index contributed by atoms with van der Waals surface area (Å²) in [6.07, 6.45) is 9.86. The molecule has 5 nitrogen and oxygen atoms in total. The molecule has 2 aromatic rings. The number of aryl methyl sites for hydroxylation is 1. The molecule has 2 rings (SSSR count).